The van der Waals surface area contributed by atoms with E-state index in [0.29, 0.717) is 12.5 Å². The van der Waals surface area contributed by atoms with Crippen molar-refractivity contribution < 1.29 is 9.53 Å². The normalized spacial score (nSPS) is 10.4. The number of carbonyl (C=O) groups excluding carboxylic acids is 1. The summed E-state index contributed by atoms with van der Waals surface area (Å²) in [5.74, 6) is 1.29. The first-order valence-electron chi connectivity index (χ1n) is 6.30. The Morgan fingerprint density at radius 1 is 1.33 bits per heavy atom. The van der Waals surface area contributed by atoms with Crippen molar-refractivity contribution in [3.05, 3.63) is 29.8 Å². The predicted molar refractivity (Wildman–Crippen MR) is 72.5 cm³/mol. The van der Waals surface area contributed by atoms with E-state index in [1.54, 1.807) is 0 Å². The highest BCUT2D eigenvalue weighted by Gasteiger charge is 1.99. The van der Waals surface area contributed by atoms with Gasteiger partial charge in [0.1, 0.15) is 5.75 Å². The molecule has 0 fully saturated rings. The van der Waals surface area contributed by atoms with E-state index in [2.05, 4.69) is 19.2 Å². The Kier molecular flexibility index (Phi) is 6.22. The van der Waals surface area contributed by atoms with Crippen LogP contribution >= 0.6 is 0 Å². The van der Waals surface area contributed by atoms with Gasteiger partial charge in [-0.05, 0) is 30.0 Å². The first-order chi connectivity index (χ1) is 8.61. The zero-order valence-corrected chi connectivity index (χ0v) is 11.1. The summed E-state index contributed by atoms with van der Waals surface area (Å²) in [6, 6.07) is 7.96. The number of benzene rings is 1. The number of carbonyl (C=O) groups is 1. The van der Waals surface area contributed by atoms with Gasteiger partial charge in [-0.2, -0.15) is 0 Å². The van der Waals surface area contributed by atoms with Gasteiger partial charge < -0.3 is 15.8 Å². The maximum absolute atomic E-state index is 10.9. The van der Waals surface area contributed by atoms with E-state index in [-0.39, 0.29) is 12.5 Å². The van der Waals surface area contributed by atoms with Crippen molar-refractivity contribution in [3.63, 3.8) is 0 Å². The van der Waals surface area contributed by atoms with E-state index in [0.717, 1.165) is 18.8 Å². The molecule has 1 rings (SSSR count). The molecule has 0 saturated carbocycles. The van der Waals surface area contributed by atoms with Crippen LogP contribution in [-0.4, -0.2) is 25.6 Å². The minimum absolute atomic E-state index is 0.0436. The Morgan fingerprint density at radius 3 is 2.56 bits per heavy atom. The van der Waals surface area contributed by atoms with Crippen LogP contribution < -0.4 is 15.8 Å². The zero-order chi connectivity index (χ0) is 13.4. The van der Waals surface area contributed by atoms with Crippen LogP contribution in [0.25, 0.3) is 0 Å². The van der Waals surface area contributed by atoms with Gasteiger partial charge in [-0.15, -0.1) is 0 Å². The summed E-state index contributed by atoms with van der Waals surface area (Å²) in [6.07, 6.45) is 0.802. The topological polar surface area (TPSA) is 64.3 Å². The number of amides is 1. The molecule has 0 bridgehead atoms. The lowest BCUT2D eigenvalue weighted by Crippen LogP contribution is -2.31. The van der Waals surface area contributed by atoms with Gasteiger partial charge in [-0.25, -0.2) is 0 Å². The molecule has 4 nitrogen and oxygen atoms in total. The SMILES string of the molecule is CC(C)COc1ccc(CCNC(=O)CN)cc1. The second kappa shape index (κ2) is 7.71. The molecule has 0 radical (unpaired) electrons. The Labute approximate surface area is 109 Å². The van der Waals surface area contributed by atoms with Crippen molar-refractivity contribution in [1.29, 1.82) is 0 Å². The molecule has 18 heavy (non-hydrogen) atoms. The molecule has 0 aliphatic carbocycles. The van der Waals surface area contributed by atoms with Crippen LogP contribution in [0.4, 0.5) is 0 Å². The second-order valence-electron chi connectivity index (χ2n) is 4.65. The summed E-state index contributed by atoms with van der Waals surface area (Å²) in [6.45, 7) is 5.62. The lowest BCUT2D eigenvalue weighted by atomic mass is 10.1. The van der Waals surface area contributed by atoms with E-state index >= 15 is 0 Å². The minimum Gasteiger partial charge on any atom is -0.493 e. The monoisotopic (exact) mass is 250 g/mol. The van der Waals surface area contributed by atoms with Crippen LogP contribution in [0.1, 0.15) is 19.4 Å². The molecule has 1 aromatic rings. The van der Waals surface area contributed by atoms with Crippen molar-refractivity contribution in [2.45, 2.75) is 20.3 Å². The van der Waals surface area contributed by atoms with Crippen LogP contribution in [-0.2, 0) is 11.2 Å². The fraction of sp³-hybridized carbons (Fsp3) is 0.500. The highest BCUT2D eigenvalue weighted by atomic mass is 16.5. The molecule has 0 atom stereocenters. The van der Waals surface area contributed by atoms with Gasteiger partial charge in [-0.3, -0.25) is 4.79 Å². The standard InChI is InChI=1S/C14H22N2O2/c1-11(2)10-18-13-5-3-12(4-6-13)7-8-16-14(17)9-15/h3-6,11H,7-10,15H2,1-2H3,(H,16,17). The molecule has 0 heterocycles. The minimum atomic E-state index is -0.119. The van der Waals surface area contributed by atoms with Crippen molar-refractivity contribution >= 4 is 5.91 Å². The van der Waals surface area contributed by atoms with Crippen LogP contribution in [0.15, 0.2) is 24.3 Å². The number of hydrogen-bond acceptors (Lipinski definition) is 3. The highest BCUT2D eigenvalue weighted by molar-refractivity contribution is 5.77. The van der Waals surface area contributed by atoms with Crippen molar-refractivity contribution in [2.75, 3.05) is 19.7 Å². The maximum Gasteiger partial charge on any atom is 0.233 e. The Bertz CT molecular complexity index is 361. The van der Waals surface area contributed by atoms with Crippen LogP contribution in [0.2, 0.25) is 0 Å². The van der Waals surface area contributed by atoms with E-state index in [1.165, 1.54) is 5.56 Å². The van der Waals surface area contributed by atoms with Gasteiger partial charge in [0, 0.05) is 6.54 Å². The number of hydrogen-bond donors (Lipinski definition) is 2. The van der Waals surface area contributed by atoms with Crippen molar-refractivity contribution in [3.8, 4) is 5.75 Å². The lowest BCUT2D eigenvalue weighted by Gasteiger charge is -2.09. The molecular weight excluding hydrogens is 228 g/mol. The Morgan fingerprint density at radius 2 is 2.00 bits per heavy atom. The van der Waals surface area contributed by atoms with Gasteiger partial charge >= 0.3 is 0 Å². The molecule has 0 spiro atoms. The van der Waals surface area contributed by atoms with E-state index in [4.69, 9.17) is 10.5 Å². The van der Waals surface area contributed by atoms with Crippen molar-refractivity contribution in [2.24, 2.45) is 11.7 Å². The van der Waals surface area contributed by atoms with Crippen LogP contribution in [0.3, 0.4) is 0 Å². The summed E-state index contributed by atoms with van der Waals surface area (Å²) in [5, 5.41) is 2.74. The van der Waals surface area contributed by atoms with Crippen LogP contribution in [0, 0.1) is 5.92 Å². The van der Waals surface area contributed by atoms with Gasteiger partial charge in [0.25, 0.3) is 0 Å². The molecule has 0 unspecified atom stereocenters. The van der Waals surface area contributed by atoms with Gasteiger partial charge in [0.15, 0.2) is 0 Å². The van der Waals surface area contributed by atoms with Crippen LogP contribution in [0.5, 0.6) is 5.75 Å². The summed E-state index contributed by atoms with van der Waals surface area (Å²) < 4.78 is 5.60. The molecule has 0 aliphatic heterocycles. The van der Waals surface area contributed by atoms with E-state index in [1.807, 2.05) is 24.3 Å². The van der Waals surface area contributed by atoms with E-state index in [9.17, 15) is 4.79 Å². The van der Waals surface area contributed by atoms with Gasteiger partial charge in [-0.1, -0.05) is 26.0 Å². The first-order valence-corrected chi connectivity index (χ1v) is 6.30. The van der Waals surface area contributed by atoms with E-state index < -0.39 is 0 Å². The largest absolute Gasteiger partial charge is 0.493 e. The van der Waals surface area contributed by atoms with Crippen molar-refractivity contribution in [1.82, 2.24) is 5.32 Å². The number of nitrogens with two attached hydrogens (primary N) is 1. The molecule has 100 valence electrons. The number of nitrogens with one attached hydrogen (secondary N) is 1. The summed E-state index contributed by atoms with van der Waals surface area (Å²) in [5.41, 5.74) is 6.37. The summed E-state index contributed by atoms with van der Waals surface area (Å²) in [4.78, 5) is 10.9. The zero-order valence-electron chi connectivity index (χ0n) is 11.1. The molecule has 0 saturated heterocycles. The fourth-order valence-corrected chi connectivity index (χ4v) is 1.43. The second-order valence-corrected chi connectivity index (χ2v) is 4.65. The maximum atomic E-state index is 10.9. The molecule has 0 aromatic heterocycles. The quantitative estimate of drug-likeness (QED) is 0.767. The third-order valence-electron chi connectivity index (χ3n) is 2.43. The Balaban J connectivity index is 2.33. The Hall–Kier alpha value is -1.55. The third-order valence-corrected chi connectivity index (χ3v) is 2.43. The third kappa shape index (κ3) is 5.68. The molecule has 3 N–H and O–H groups in total. The average Bonchev–Trinajstić information content (AvgIpc) is 2.37. The number of rotatable bonds is 7. The fourth-order valence-electron chi connectivity index (χ4n) is 1.43. The first kappa shape index (κ1) is 14.5. The summed E-state index contributed by atoms with van der Waals surface area (Å²) >= 11 is 0. The average molecular weight is 250 g/mol. The molecule has 4 heteroatoms. The molecule has 1 aromatic carbocycles. The smallest absolute Gasteiger partial charge is 0.233 e. The predicted octanol–water partition coefficient (Wildman–Crippen LogP) is 1.34. The highest BCUT2D eigenvalue weighted by Crippen LogP contribution is 2.13. The molecule has 1 amide bonds. The molecule has 0 aliphatic rings. The van der Waals surface area contributed by atoms with Gasteiger partial charge in [0.05, 0.1) is 13.2 Å². The van der Waals surface area contributed by atoms with Gasteiger partial charge in [0.2, 0.25) is 5.91 Å². The lowest BCUT2D eigenvalue weighted by molar-refractivity contribution is -0.119. The molecular formula is C14H22N2O2. The number of ether oxygens (including phenoxy) is 1. The summed E-state index contributed by atoms with van der Waals surface area (Å²) in [7, 11) is 0.